The van der Waals surface area contributed by atoms with E-state index in [1.807, 2.05) is 18.2 Å². The zero-order valence-corrected chi connectivity index (χ0v) is 12.5. The van der Waals surface area contributed by atoms with Gasteiger partial charge in [0.25, 0.3) is 5.91 Å². The number of hydrogen-bond donors (Lipinski definition) is 4. The van der Waals surface area contributed by atoms with E-state index in [2.05, 4.69) is 33.6 Å². The SMILES string of the molecule is O=C(CN1C(=O)CNC1=O)NCC1CC(c2ccccc2)NN1. The molecule has 2 atom stereocenters. The minimum atomic E-state index is -0.519. The maximum atomic E-state index is 11.9. The Morgan fingerprint density at radius 1 is 1.22 bits per heavy atom. The van der Waals surface area contributed by atoms with Gasteiger partial charge in [-0.2, -0.15) is 0 Å². The molecule has 2 aliphatic rings. The molecule has 8 nitrogen and oxygen atoms in total. The Morgan fingerprint density at radius 3 is 2.70 bits per heavy atom. The van der Waals surface area contributed by atoms with Gasteiger partial charge in [-0.1, -0.05) is 30.3 Å². The van der Waals surface area contributed by atoms with Crippen molar-refractivity contribution in [3.8, 4) is 0 Å². The lowest BCUT2D eigenvalue weighted by Gasteiger charge is -2.14. The summed E-state index contributed by atoms with van der Waals surface area (Å²) in [6, 6.07) is 9.83. The van der Waals surface area contributed by atoms with Gasteiger partial charge in [0.2, 0.25) is 5.91 Å². The first-order valence-electron chi connectivity index (χ1n) is 7.54. The molecule has 4 N–H and O–H groups in total. The summed E-state index contributed by atoms with van der Waals surface area (Å²) in [5, 5.41) is 5.13. The highest BCUT2D eigenvalue weighted by Gasteiger charge is 2.30. The van der Waals surface area contributed by atoms with Crippen molar-refractivity contribution in [2.45, 2.75) is 18.5 Å². The van der Waals surface area contributed by atoms with Crippen LogP contribution in [0.5, 0.6) is 0 Å². The highest BCUT2D eigenvalue weighted by molar-refractivity contribution is 6.04. The molecule has 122 valence electrons. The van der Waals surface area contributed by atoms with Crippen LogP contribution in [-0.4, -0.2) is 48.4 Å². The zero-order chi connectivity index (χ0) is 16.2. The minimum Gasteiger partial charge on any atom is -0.353 e. The van der Waals surface area contributed by atoms with Crippen LogP contribution in [0.2, 0.25) is 0 Å². The molecule has 1 aromatic rings. The lowest BCUT2D eigenvalue weighted by atomic mass is 10.0. The average Bonchev–Trinajstić information content (AvgIpc) is 3.16. The number of rotatable bonds is 5. The van der Waals surface area contributed by atoms with E-state index in [-0.39, 0.29) is 37.0 Å². The number of hydrazine groups is 1. The van der Waals surface area contributed by atoms with Gasteiger partial charge < -0.3 is 10.6 Å². The molecule has 0 saturated carbocycles. The number of urea groups is 1. The van der Waals surface area contributed by atoms with Crippen molar-refractivity contribution in [3.05, 3.63) is 35.9 Å². The lowest BCUT2D eigenvalue weighted by Crippen LogP contribution is -2.45. The number of hydrogen-bond acceptors (Lipinski definition) is 5. The van der Waals surface area contributed by atoms with Gasteiger partial charge >= 0.3 is 6.03 Å². The van der Waals surface area contributed by atoms with E-state index in [0.717, 1.165) is 11.3 Å². The van der Waals surface area contributed by atoms with Crippen molar-refractivity contribution in [2.75, 3.05) is 19.6 Å². The number of carbonyl (C=O) groups is 3. The van der Waals surface area contributed by atoms with Gasteiger partial charge in [0, 0.05) is 18.6 Å². The molecule has 1 aromatic carbocycles. The number of nitrogens with one attached hydrogen (secondary N) is 4. The molecule has 8 heteroatoms. The second-order valence-electron chi connectivity index (χ2n) is 5.63. The Labute approximate surface area is 133 Å². The van der Waals surface area contributed by atoms with Crippen molar-refractivity contribution in [2.24, 2.45) is 0 Å². The van der Waals surface area contributed by atoms with Gasteiger partial charge in [-0.05, 0) is 12.0 Å². The van der Waals surface area contributed by atoms with Gasteiger partial charge in [-0.15, -0.1) is 0 Å². The second-order valence-corrected chi connectivity index (χ2v) is 5.63. The van der Waals surface area contributed by atoms with Gasteiger partial charge in [0.1, 0.15) is 6.54 Å². The first-order chi connectivity index (χ1) is 11.1. The molecule has 2 fully saturated rings. The fraction of sp³-hybridized carbons (Fsp3) is 0.400. The third kappa shape index (κ3) is 3.66. The van der Waals surface area contributed by atoms with Crippen molar-refractivity contribution in [1.82, 2.24) is 26.4 Å². The maximum Gasteiger partial charge on any atom is 0.325 e. The topological polar surface area (TPSA) is 103 Å². The Bertz CT molecular complexity index is 590. The highest BCUT2D eigenvalue weighted by Crippen LogP contribution is 2.21. The van der Waals surface area contributed by atoms with Gasteiger partial charge in [0.05, 0.1) is 6.54 Å². The fourth-order valence-electron chi connectivity index (χ4n) is 2.71. The quantitative estimate of drug-likeness (QED) is 0.536. The van der Waals surface area contributed by atoms with Crippen LogP contribution in [0.25, 0.3) is 0 Å². The molecular weight excluding hydrogens is 298 g/mol. The number of amides is 4. The first kappa shape index (κ1) is 15.4. The normalized spacial score (nSPS) is 23.9. The summed E-state index contributed by atoms with van der Waals surface area (Å²) in [6.07, 6.45) is 0.841. The fourth-order valence-corrected chi connectivity index (χ4v) is 2.71. The van der Waals surface area contributed by atoms with Gasteiger partial charge in [-0.3, -0.25) is 19.9 Å². The number of benzene rings is 1. The van der Waals surface area contributed by atoms with E-state index in [0.29, 0.717) is 6.54 Å². The summed E-state index contributed by atoms with van der Waals surface area (Å²) < 4.78 is 0. The monoisotopic (exact) mass is 317 g/mol. The van der Waals surface area contributed by atoms with Gasteiger partial charge in [0.15, 0.2) is 0 Å². The molecule has 2 aliphatic heterocycles. The number of carbonyl (C=O) groups excluding carboxylic acids is 3. The summed E-state index contributed by atoms with van der Waals surface area (Å²) in [5.74, 6) is -0.727. The van der Waals surface area contributed by atoms with Gasteiger partial charge in [-0.25, -0.2) is 10.2 Å². The summed E-state index contributed by atoms with van der Waals surface area (Å²) in [4.78, 5) is 35.6. The Morgan fingerprint density at radius 2 is 2.00 bits per heavy atom. The van der Waals surface area contributed by atoms with Crippen LogP contribution in [-0.2, 0) is 9.59 Å². The maximum absolute atomic E-state index is 11.9. The van der Waals surface area contributed by atoms with Crippen LogP contribution in [0.3, 0.4) is 0 Å². The van der Waals surface area contributed by atoms with E-state index in [1.165, 1.54) is 5.56 Å². The number of imide groups is 1. The van der Waals surface area contributed by atoms with E-state index in [9.17, 15) is 14.4 Å². The summed E-state index contributed by atoms with van der Waals surface area (Å²) in [7, 11) is 0. The Balaban J connectivity index is 1.43. The highest BCUT2D eigenvalue weighted by atomic mass is 16.2. The van der Waals surface area contributed by atoms with Crippen molar-refractivity contribution in [3.63, 3.8) is 0 Å². The molecule has 2 saturated heterocycles. The molecule has 0 radical (unpaired) electrons. The van der Waals surface area contributed by atoms with Crippen LogP contribution in [0.1, 0.15) is 18.0 Å². The van der Waals surface area contributed by atoms with Crippen LogP contribution < -0.4 is 21.5 Å². The van der Waals surface area contributed by atoms with E-state index in [1.54, 1.807) is 0 Å². The molecular formula is C15H19N5O3. The summed E-state index contributed by atoms with van der Waals surface area (Å²) >= 11 is 0. The van der Waals surface area contributed by atoms with Crippen LogP contribution in [0.15, 0.2) is 30.3 Å². The summed E-state index contributed by atoms with van der Waals surface area (Å²) in [6.45, 7) is 0.144. The predicted octanol–water partition coefficient (Wildman–Crippen LogP) is -0.738. The largest absolute Gasteiger partial charge is 0.353 e. The van der Waals surface area contributed by atoms with Crippen molar-refractivity contribution < 1.29 is 14.4 Å². The lowest BCUT2D eigenvalue weighted by molar-refractivity contribution is -0.130. The van der Waals surface area contributed by atoms with E-state index < -0.39 is 6.03 Å². The smallest absolute Gasteiger partial charge is 0.325 e. The third-order valence-corrected chi connectivity index (χ3v) is 3.97. The molecule has 0 aromatic heterocycles. The molecule has 3 rings (SSSR count). The van der Waals surface area contributed by atoms with E-state index >= 15 is 0 Å². The van der Waals surface area contributed by atoms with Crippen LogP contribution in [0.4, 0.5) is 4.79 Å². The molecule has 0 bridgehead atoms. The molecule has 23 heavy (non-hydrogen) atoms. The molecule has 2 unspecified atom stereocenters. The molecule has 0 spiro atoms. The Kier molecular flexibility index (Phi) is 4.54. The third-order valence-electron chi connectivity index (χ3n) is 3.97. The van der Waals surface area contributed by atoms with Crippen molar-refractivity contribution in [1.29, 1.82) is 0 Å². The molecule has 0 aliphatic carbocycles. The van der Waals surface area contributed by atoms with Crippen molar-refractivity contribution >= 4 is 17.8 Å². The molecule has 2 heterocycles. The second kappa shape index (κ2) is 6.76. The molecule has 4 amide bonds. The Hall–Kier alpha value is -2.45. The average molecular weight is 317 g/mol. The standard InChI is InChI=1S/C15H19N5O3/c21-13(9-20-14(22)8-17-15(20)23)16-7-11-6-12(19-18-11)10-4-2-1-3-5-10/h1-5,11-12,18-19H,6-9H2,(H,16,21)(H,17,23). The van der Waals surface area contributed by atoms with E-state index in [4.69, 9.17) is 0 Å². The first-order valence-corrected chi connectivity index (χ1v) is 7.54. The summed E-state index contributed by atoms with van der Waals surface area (Å²) in [5.41, 5.74) is 7.54. The zero-order valence-electron chi connectivity index (χ0n) is 12.5. The number of nitrogens with zero attached hydrogens (tertiary/aromatic N) is 1. The van der Waals surface area contributed by atoms with Crippen LogP contribution >= 0.6 is 0 Å². The predicted molar refractivity (Wildman–Crippen MR) is 82.0 cm³/mol. The minimum absolute atomic E-state index is 0.0427. The van der Waals surface area contributed by atoms with Crippen LogP contribution in [0, 0.1) is 0 Å².